The van der Waals surface area contributed by atoms with Crippen LogP contribution in [0.1, 0.15) is 47.9 Å². The highest BCUT2D eigenvalue weighted by Gasteiger charge is 2.32. The number of thioether (sulfide) groups is 1. The minimum Gasteiger partial charge on any atom is -0.352 e. The van der Waals surface area contributed by atoms with Gasteiger partial charge in [0.05, 0.1) is 5.75 Å². The summed E-state index contributed by atoms with van der Waals surface area (Å²) in [4.78, 5) is 29.3. The molecular weight excluding hydrogens is 535 g/mol. The lowest BCUT2D eigenvalue weighted by atomic mass is 10.0. The van der Waals surface area contributed by atoms with Gasteiger partial charge in [-0.1, -0.05) is 102 Å². The van der Waals surface area contributed by atoms with Crippen molar-refractivity contribution in [3.8, 4) is 0 Å². The average molecular weight is 570 g/mol. The lowest BCUT2D eigenvalue weighted by Crippen LogP contribution is -2.52. The quantitative estimate of drug-likeness (QED) is 0.265. The number of rotatable bonds is 11. The molecule has 4 nitrogen and oxygen atoms in total. The van der Waals surface area contributed by atoms with Gasteiger partial charge in [-0.2, -0.15) is 0 Å². The first-order valence-electron chi connectivity index (χ1n) is 13.1. The first-order chi connectivity index (χ1) is 18.4. The predicted molar refractivity (Wildman–Crippen MR) is 159 cm³/mol. The van der Waals surface area contributed by atoms with Crippen LogP contribution in [0, 0.1) is 6.92 Å². The maximum atomic E-state index is 13.8. The van der Waals surface area contributed by atoms with Gasteiger partial charge in [-0.25, -0.2) is 0 Å². The third-order valence-electron chi connectivity index (χ3n) is 6.98. The molecule has 2 amide bonds. The molecule has 4 rings (SSSR count). The fourth-order valence-corrected chi connectivity index (χ4v) is 6.19. The number of nitrogens with one attached hydrogen (secondary N) is 1. The monoisotopic (exact) mass is 568 g/mol. The SMILES string of the molecule is Cc1ccc(CSCC(=O)N(Cc2c(Cl)cccc2Cl)[C@H](Cc2ccccc2)C(=O)NC2CCCC2)cc1. The second-order valence-corrected chi connectivity index (χ2v) is 11.7. The number of carbonyl (C=O) groups excluding carboxylic acids is 2. The number of halogens is 2. The normalized spacial score (nSPS) is 14.3. The summed E-state index contributed by atoms with van der Waals surface area (Å²) in [5.41, 5.74) is 4.01. The van der Waals surface area contributed by atoms with Crippen LogP contribution in [0.25, 0.3) is 0 Å². The van der Waals surface area contributed by atoms with Crippen LogP contribution in [0.2, 0.25) is 10.0 Å². The van der Waals surface area contributed by atoms with Gasteiger partial charge in [0.15, 0.2) is 0 Å². The van der Waals surface area contributed by atoms with Gasteiger partial charge in [0, 0.05) is 40.4 Å². The van der Waals surface area contributed by atoms with Crippen molar-refractivity contribution in [2.45, 2.75) is 63.4 Å². The fourth-order valence-electron chi connectivity index (χ4n) is 4.80. The Hall–Kier alpha value is -2.47. The number of hydrogen-bond acceptors (Lipinski definition) is 3. The molecule has 1 saturated carbocycles. The number of nitrogens with zero attached hydrogens (tertiary/aromatic N) is 1. The van der Waals surface area contributed by atoms with Gasteiger partial charge in [-0.05, 0) is 43.0 Å². The summed E-state index contributed by atoms with van der Waals surface area (Å²) in [6.45, 7) is 2.22. The van der Waals surface area contributed by atoms with Crippen LogP contribution in [0.3, 0.4) is 0 Å². The summed E-state index contributed by atoms with van der Waals surface area (Å²) >= 11 is 14.6. The van der Waals surface area contributed by atoms with Crippen molar-refractivity contribution < 1.29 is 9.59 Å². The molecule has 0 bridgehead atoms. The highest BCUT2D eigenvalue weighted by molar-refractivity contribution is 7.99. The first-order valence-corrected chi connectivity index (χ1v) is 15.0. The van der Waals surface area contributed by atoms with E-state index in [0.29, 0.717) is 27.8 Å². The van der Waals surface area contributed by atoms with Crippen LogP contribution in [-0.4, -0.2) is 34.6 Å². The van der Waals surface area contributed by atoms with E-state index in [2.05, 4.69) is 36.5 Å². The van der Waals surface area contributed by atoms with Crippen LogP contribution >= 0.6 is 35.0 Å². The van der Waals surface area contributed by atoms with Gasteiger partial charge in [0.25, 0.3) is 0 Å². The molecule has 0 unspecified atom stereocenters. The number of amides is 2. The molecule has 38 heavy (non-hydrogen) atoms. The van der Waals surface area contributed by atoms with Crippen molar-refractivity contribution in [1.82, 2.24) is 10.2 Å². The molecule has 3 aromatic carbocycles. The minimum atomic E-state index is -0.683. The number of benzene rings is 3. The third-order valence-corrected chi connectivity index (χ3v) is 8.67. The Morgan fingerprint density at radius 1 is 0.921 bits per heavy atom. The van der Waals surface area contributed by atoms with E-state index in [1.165, 1.54) is 5.56 Å². The van der Waals surface area contributed by atoms with E-state index in [1.807, 2.05) is 30.3 Å². The molecule has 0 radical (unpaired) electrons. The molecule has 1 aliphatic carbocycles. The second-order valence-electron chi connectivity index (χ2n) is 9.90. The topological polar surface area (TPSA) is 49.4 Å². The van der Waals surface area contributed by atoms with Crippen LogP contribution in [0.4, 0.5) is 0 Å². The predicted octanol–water partition coefficient (Wildman–Crippen LogP) is 7.23. The Morgan fingerprint density at radius 3 is 2.24 bits per heavy atom. The third kappa shape index (κ3) is 8.02. The summed E-state index contributed by atoms with van der Waals surface area (Å²) in [6.07, 6.45) is 4.58. The van der Waals surface area contributed by atoms with E-state index < -0.39 is 6.04 Å². The minimum absolute atomic E-state index is 0.111. The number of carbonyl (C=O) groups is 2. The molecule has 1 N–H and O–H groups in total. The van der Waals surface area contributed by atoms with E-state index in [0.717, 1.165) is 36.8 Å². The molecule has 1 aliphatic rings. The van der Waals surface area contributed by atoms with Gasteiger partial charge in [-0.15, -0.1) is 11.8 Å². The number of aryl methyl sites for hydroxylation is 1. The molecular formula is C31H34Cl2N2O2S. The summed E-state index contributed by atoms with van der Waals surface area (Å²) in [5.74, 6) is 0.726. The molecule has 200 valence electrons. The smallest absolute Gasteiger partial charge is 0.243 e. The molecule has 7 heteroatoms. The lowest BCUT2D eigenvalue weighted by molar-refractivity contribution is -0.139. The van der Waals surface area contributed by atoms with Crippen molar-refractivity contribution in [1.29, 1.82) is 0 Å². The average Bonchev–Trinajstić information content (AvgIpc) is 3.42. The van der Waals surface area contributed by atoms with Crippen LogP contribution in [0.15, 0.2) is 72.8 Å². The Balaban J connectivity index is 1.59. The van der Waals surface area contributed by atoms with Crippen LogP contribution in [-0.2, 0) is 28.3 Å². The van der Waals surface area contributed by atoms with E-state index in [1.54, 1.807) is 34.9 Å². The van der Waals surface area contributed by atoms with Crippen molar-refractivity contribution in [2.24, 2.45) is 0 Å². The molecule has 0 saturated heterocycles. The largest absolute Gasteiger partial charge is 0.352 e. The van der Waals surface area contributed by atoms with Crippen molar-refractivity contribution >= 4 is 46.8 Å². The second kappa shape index (κ2) is 14.1. The zero-order valence-electron chi connectivity index (χ0n) is 21.7. The van der Waals surface area contributed by atoms with Gasteiger partial charge in [0.1, 0.15) is 6.04 Å². The van der Waals surface area contributed by atoms with Crippen molar-refractivity contribution in [3.05, 3.63) is 105 Å². The van der Waals surface area contributed by atoms with Crippen molar-refractivity contribution in [3.63, 3.8) is 0 Å². The van der Waals surface area contributed by atoms with E-state index in [-0.39, 0.29) is 30.2 Å². The zero-order valence-corrected chi connectivity index (χ0v) is 24.0. The fraction of sp³-hybridized carbons (Fsp3) is 0.355. The number of hydrogen-bond donors (Lipinski definition) is 1. The Kier molecular flexibility index (Phi) is 10.6. The Morgan fingerprint density at radius 2 is 1.58 bits per heavy atom. The van der Waals surface area contributed by atoms with Crippen LogP contribution in [0.5, 0.6) is 0 Å². The van der Waals surface area contributed by atoms with E-state index >= 15 is 0 Å². The summed E-state index contributed by atoms with van der Waals surface area (Å²) in [5, 5.41) is 4.20. The van der Waals surface area contributed by atoms with Crippen molar-refractivity contribution in [2.75, 3.05) is 5.75 Å². The van der Waals surface area contributed by atoms with E-state index in [4.69, 9.17) is 23.2 Å². The van der Waals surface area contributed by atoms with Gasteiger partial charge in [0.2, 0.25) is 11.8 Å². The molecule has 1 atom stereocenters. The maximum absolute atomic E-state index is 13.8. The van der Waals surface area contributed by atoms with E-state index in [9.17, 15) is 9.59 Å². The molecule has 0 aromatic heterocycles. The standard InChI is InChI=1S/C31H34Cl2N2O2S/c1-22-14-16-24(17-15-22)20-38-21-30(36)35(19-26-27(32)12-7-13-28(26)33)29(18-23-8-3-2-4-9-23)31(37)34-25-10-5-6-11-25/h2-4,7-9,12-17,25,29H,5-6,10-11,18-21H2,1H3,(H,34,37)/t29-/m1/s1. The van der Waals surface area contributed by atoms with Gasteiger partial charge in [-0.3, -0.25) is 9.59 Å². The molecule has 3 aromatic rings. The summed E-state index contributed by atoms with van der Waals surface area (Å²) in [7, 11) is 0. The zero-order chi connectivity index (χ0) is 26.9. The van der Waals surface area contributed by atoms with Crippen LogP contribution < -0.4 is 5.32 Å². The van der Waals surface area contributed by atoms with Gasteiger partial charge >= 0.3 is 0 Å². The maximum Gasteiger partial charge on any atom is 0.243 e. The summed E-state index contributed by atoms with van der Waals surface area (Å²) < 4.78 is 0. The Bertz CT molecular complexity index is 1190. The van der Waals surface area contributed by atoms with Gasteiger partial charge < -0.3 is 10.2 Å². The first kappa shape index (κ1) is 28.5. The molecule has 0 aliphatic heterocycles. The lowest BCUT2D eigenvalue weighted by Gasteiger charge is -2.33. The molecule has 0 spiro atoms. The molecule has 0 heterocycles. The highest BCUT2D eigenvalue weighted by atomic mass is 35.5. The highest BCUT2D eigenvalue weighted by Crippen LogP contribution is 2.28. The Labute approximate surface area is 240 Å². The summed E-state index contributed by atoms with van der Waals surface area (Å²) in [6, 6.07) is 22.9. The molecule has 1 fully saturated rings.